The Hall–Kier alpha value is -3.78. The smallest absolute Gasteiger partial charge is 0.302 e. The van der Waals surface area contributed by atoms with Crippen molar-refractivity contribution in [2.24, 2.45) is 20.5 Å². The lowest BCUT2D eigenvalue weighted by molar-refractivity contribution is 0.309. The second-order valence-corrected chi connectivity index (χ2v) is 10.6. The second kappa shape index (κ2) is 9.11. The Labute approximate surface area is 200 Å². The van der Waals surface area contributed by atoms with Gasteiger partial charge in [0.1, 0.15) is 5.76 Å². The highest BCUT2D eigenvalue weighted by atomic mass is 32.2. The van der Waals surface area contributed by atoms with Crippen molar-refractivity contribution in [2.45, 2.75) is 10.1 Å². The number of fused-ring (bicyclic) bond motifs is 1. The van der Waals surface area contributed by atoms with E-state index in [0.29, 0.717) is 11.4 Å². The maximum absolute atomic E-state index is 12.5. The first kappa shape index (κ1) is 24.3. The first-order valence-electron chi connectivity index (χ1n) is 9.95. The van der Waals surface area contributed by atoms with Crippen LogP contribution in [0.15, 0.2) is 105 Å². The molecule has 0 saturated carbocycles. The molecule has 3 aromatic carbocycles. The van der Waals surface area contributed by atoms with Crippen molar-refractivity contribution >= 4 is 43.4 Å². The SMILES string of the molecule is O=S(=O)(O)C1c2ccccc2C=C(O)C1(N=Nc1ccc(N=Nc2ccccc2)cc1)S(=O)(=O)O. The number of azo groups is 2. The molecule has 1 aliphatic carbocycles. The van der Waals surface area contributed by atoms with E-state index in [0.717, 1.165) is 6.08 Å². The summed E-state index contributed by atoms with van der Waals surface area (Å²) in [4.78, 5) is -3.24. The topological polar surface area (TPSA) is 178 Å². The van der Waals surface area contributed by atoms with Crippen LogP contribution in [0.2, 0.25) is 0 Å². The molecule has 0 aliphatic heterocycles. The molecule has 0 fully saturated rings. The van der Waals surface area contributed by atoms with E-state index in [4.69, 9.17) is 0 Å². The Kier molecular flexibility index (Phi) is 6.34. The molecule has 0 saturated heterocycles. The van der Waals surface area contributed by atoms with Crippen molar-refractivity contribution in [2.75, 3.05) is 0 Å². The third kappa shape index (κ3) is 4.74. The van der Waals surface area contributed by atoms with Crippen molar-refractivity contribution in [3.8, 4) is 0 Å². The van der Waals surface area contributed by atoms with Gasteiger partial charge in [-0.2, -0.15) is 37.3 Å². The van der Waals surface area contributed by atoms with E-state index in [1.54, 1.807) is 24.3 Å². The molecule has 0 heterocycles. The molecule has 13 heteroatoms. The van der Waals surface area contributed by atoms with Crippen LogP contribution in [0.3, 0.4) is 0 Å². The minimum atomic E-state index is -5.48. The minimum Gasteiger partial charge on any atom is -0.508 e. The zero-order valence-electron chi connectivity index (χ0n) is 17.7. The first-order chi connectivity index (χ1) is 16.5. The Morgan fingerprint density at radius 3 is 1.77 bits per heavy atom. The van der Waals surface area contributed by atoms with Gasteiger partial charge in [0.2, 0.25) is 0 Å². The third-order valence-corrected chi connectivity index (χ3v) is 7.84. The summed E-state index contributed by atoms with van der Waals surface area (Å²) in [7, 11) is -10.7. The number of hydrogen-bond donors (Lipinski definition) is 3. The van der Waals surface area contributed by atoms with Gasteiger partial charge in [0.15, 0.2) is 5.25 Å². The highest BCUT2D eigenvalue weighted by Gasteiger charge is 2.62. The molecule has 2 unspecified atom stereocenters. The standard InChI is InChI=1S/C22H18N4O7S2/c27-20-14-15-6-4-5-9-19(15)21(34(28,29)30)22(20,35(31,32)33)26-25-18-12-10-17(11-13-18)24-23-16-7-2-1-3-8-16/h1-14,21,27H,(H,28,29,30)(H,31,32,33). The van der Waals surface area contributed by atoms with Gasteiger partial charge in [0.25, 0.3) is 15.0 Å². The van der Waals surface area contributed by atoms with Crippen LogP contribution in [-0.4, -0.2) is 35.9 Å². The van der Waals surface area contributed by atoms with E-state index in [-0.39, 0.29) is 16.8 Å². The normalized spacial score (nSPS) is 20.6. The van der Waals surface area contributed by atoms with Crippen molar-refractivity contribution in [3.05, 3.63) is 95.7 Å². The lowest BCUT2D eigenvalue weighted by Crippen LogP contribution is -2.48. The molecule has 1 aliphatic rings. The molecular weight excluding hydrogens is 496 g/mol. The van der Waals surface area contributed by atoms with Crippen LogP contribution < -0.4 is 0 Å². The Morgan fingerprint density at radius 2 is 1.20 bits per heavy atom. The van der Waals surface area contributed by atoms with Crippen LogP contribution in [0, 0.1) is 0 Å². The first-order valence-corrected chi connectivity index (χ1v) is 12.9. The molecule has 0 amide bonds. The molecule has 0 spiro atoms. The fraction of sp³-hybridized carbons (Fsp3) is 0.0909. The number of hydrogen-bond acceptors (Lipinski definition) is 9. The summed E-state index contributed by atoms with van der Waals surface area (Å²) >= 11 is 0. The predicted octanol–water partition coefficient (Wildman–Crippen LogP) is 5.31. The minimum absolute atomic E-state index is 0.0485. The van der Waals surface area contributed by atoms with Gasteiger partial charge >= 0.3 is 10.1 Å². The Bertz CT molecular complexity index is 1550. The van der Waals surface area contributed by atoms with Gasteiger partial charge in [-0.3, -0.25) is 9.11 Å². The molecular formula is C22H18N4O7S2. The molecule has 0 aromatic heterocycles. The number of aliphatic hydroxyl groups is 1. The molecule has 4 rings (SSSR count). The summed E-state index contributed by atoms with van der Waals surface area (Å²) in [5.41, 5.74) is 1.04. The summed E-state index contributed by atoms with van der Waals surface area (Å²) in [6, 6.07) is 20.3. The molecule has 3 N–H and O–H groups in total. The summed E-state index contributed by atoms with van der Waals surface area (Å²) in [6.07, 6.45) is 0.941. The average Bonchev–Trinajstić information content (AvgIpc) is 2.81. The number of benzene rings is 3. The van der Waals surface area contributed by atoms with Crippen LogP contribution >= 0.6 is 0 Å². The summed E-state index contributed by atoms with van der Waals surface area (Å²) < 4.78 is 69.6. The van der Waals surface area contributed by atoms with Crippen molar-refractivity contribution in [1.82, 2.24) is 0 Å². The van der Waals surface area contributed by atoms with Crippen LogP contribution in [0.4, 0.5) is 17.1 Å². The summed E-state index contributed by atoms with van der Waals surface area (Å²) in [6.45, 7) is 0. The van der Waals surface area contributed by atoms with E-state index < -0.39 is 36.1 Å². The third-order valence-electron chi connectivity index (χ3n) is 5.19. The van der Waals surface area contributed by atoms with E-state index in [1.165, 1.54) is 48.5 Å². The zero-order valence-corrected chi connectivity index (χ0v) is 19.4. The second-order valence-electron chi connectivity index (χ2n) is 7.48. The molecule has 0 radical (unpaired) electrons. The van der Waals surface area contributed by atoms with E-state index in [2.05, 4.69) is 20.5 Å². The van der Waals surface area contributed by atoms with Gasteiger partial charge in [-0.25, -0.2) is 0 Å². The van der Waals surface area contributed by atoms with Crippen LogP contribution in [0.1, 0.15) is 16.4 Å². The molecule has 3 aromatic rings. The van der Waals surface area contributed by atoms with Gasteiger partial charge < -0.3 is 5.11 Å². The quantitative estimate of drug-likeness (QED) is 0.294. The van der Waals surface area contributed by atoms with Crippen LogP contribution in [0.25, 0.3) is 6.08 Å². The van der Waals surface area contributed by atoms with Crippen molar-refractivity contribution in [1.29, 1.82) is 0 Å². The molecule has 0 bridgehead atoms. The summed E-state index contributed by atoms with van der Waals surface area (Å²) in [5, 5.41) is 23.7. The largest absolute Gasteiger partial charge is 0.508 e. The van der Waals surface area contributed by atoms with E-state index in [9.17, 15) is 31.0 Å². The van der Waals surface area contributed by atoms with Crippen molar-refractivity contribution < 1.29 is 31.0 Å². The van der Waals surface area contributed by atoms with Gasteiger partial charge in [-0.1, -0.05) is 42.5 Å². The maximum Gasteiger partial charge on any atom is 0.302 e. The average molecular weight is 515 g/mol. The number of rotatable bonds is 6. The Balaban J connectivity index is 1.76. The highest BCUT2D eigenvalue weighted by Crippen LogP contribution is 2.49. The lowest BCUT2D eigenvalue weighted by Gasteiger charge is -2.34. The predicted molar refractivity (Wildman–Crippen MR) is 127 cm³/mol. The summed E-state index contributed by atoms with van der Waals surface area (Å²) in [5.74, 6) is -1.13. The monoisotopic (exact) mass is 514 g/mol. The van der Waals surface area contributed by atoms with Gasteiger partial charge in [0.05, 0.1) is 17.1 Å². The molecule has 2 atom stereocenters. The van der Waals surface area contributed by atoms with Crippen molar-refractivity contribution in [3.63, 3.8) is 0 Å². The fourth-order valence-corrected chi connectivity index (χ4v) is 6.29. The lowest BCUT2D eigenvalue weighted by atomic mass is 9.92. The zero-order chi connectivity index (χ0) is 25.3. The van der Waals surface area contributed by atoms with Gasteiger partial charge in [-0.05, 0) is 53.6 Å². The van der Waals surface area contributed by atoms with Crippen LogP contribution in [-0.2, 0) is 20.2 Å². The van der Waals surface area contributed by atoms with E-state index in [1.807, 2.05) is 6.07 Å². The molecule has 35 heavy (non-hydrogen) atoms. The number of aliphatic hydroxyl groups excluding tert-OH is 1. The van der Waals surface area contributed by atoms with Crippen LogP contribution in [0.5, 0.6) is 0 Å². The van der Waals surface area contributed by atoms with Gasteiger partial charge in [0, 0.05) is 0 Å². The fourth-order valence-electron chi connectivity index (χ4n) is 3.59. The van der Waals surface area contributed by atoms with Gasteiger partial charge in [-0.15, -0.1) is 0 Å². The molecule has 180 valence electrons. The maximum atomic E-state index is 12.5. The van der Waals surface area contributed by atoms with E-state index >= 15 is 0 Å². The highest BCUT2D eigenvalue weighted by molar-refractivity contribution is 7.91. The number of nitrogens with zero attached hydrogens (tertiary/aromatic N) is 4. The Morgan fingerprint density at radius 1 is 0.686 bits per heavy atom. The molecule has 11 nitrogen and oxygen atoms in total.